The first-order valence-electron chi connectivity index (χ1n) is 5.16. The third-order valence-corrected chi connectivity index (χ3v) is 8.00. The zero-order valence-corrected chi connectivity index (χ0v) is 14.5. The minimum Gasteiger partial charge on any atom is -0.464 e. The van der Waals surface area contributed by atoms with E-state index in [2.05, 4.69) is 0 Å². The fourth-order valence-corrected chi connectivity index (χ4v) is 5.34. The summed E-state index contributed by atoms with van der Waals surface area (Å²) in [7, 11) is 0. The van der Waals surface area contributed by atoms with Crippen molar-refractivity contribution in [1.82, 2.24) is 0 Å². The Morgan fingerprint density at radius 1 is 1.21 bits per heavy atom. The van der Waals surface area contributed by atoms with Gasteiger partial charge < -0.3 is 4.74 Å². The average molecular weight is 407 g/mol. The Kier molecular flexibility index (Phi) is 4.51. The first-order valence-corrected chi connectivity index (χ1v) is 7.96. The molecule has 108 valence electrons. The normalized spacial score (nSPS) is 39.8. The summed E-state index contributed by atoms with van der Waals surface area (Å²) < 4.78 is 3.37. The molecule has 2 aliphatic carbocycles. The predicted molar refractivity (Wildman–Crippen MR) is 80.1 cm³/mol. The molecule has 1 saturated carbocycles. The van der Waals surface area contributed by atoms with Gasteiger partial charge in [0.15, 0.2) is 4.33 Å². The Hall–Kier alpha value is 1.24. The van der Waals surface area contributed by atoms with Crippen LogP contribution < -0.4 is 0 Å². The molecule has 2 rings (SSSR count). The van der Waals surface area contributed by atoms with Gasteiger partial charge in [-0.1, -0.05) is 46.4 Å². The molecule has 3 atom stereocenters. The van der Waals surface area contributed by atoms with Gasteiger partial charge in [-0.05, 0) is 6.42 Å². The van der Waals surface area contributed by atoms with E-state index in [0.29, 0.717) is 0 Å². The van der Waals surface area contributed by atoms with E-state index in [4.69, 9.17) is 85.9 Å². The molecule has 2 bridgehead atoms. The van der Waals surface area contributed by atoms with Crippen molar-refractivity contribution in [2.24, 2.45) is 5.92 Å². The Labute approximate surface area is 145 Å². The Bertz CT molecular complexity index is 463. The number of rotatable bonds is 3. The highest BCUT2D eigenvalue weighted by Gasteiger charge is 2.78. The average Bonchev–Trinajstić information content (AvgIpc) is 2.57. The van der Waals surface area contributed by atoms with Crippen molar-refractivity contribution >= 4 is 87.2 Å². The third-order valence-electron chi connectivity index (χ3n) is 3.46. The molecule has 1 fully saturated rings. The highest BCUT2D eigenvalue weighted by Crippen LogP contribution is 2.74. The molecular formula is C10H7Cl7O2. The van der Waals surface area contributed by atoms with Crippen molar-refractivity contribution in [2.75, 3.05) is 12.5 Å². The minimum absolute atomic E-state index is 0.0366. The molecule has 0 unspecified atom stereocenters. The first-order chi connectivity index (χ1) is 8.63. The lowest BCUT2D eigenvalue weighted by Crippen LogP contribution is -2.45. The highest BCUT2D eigenvalue weighted by atomic mass is 35.5. The number of esters is 1. The van der Waals surface area contributed by atoms with Crippen LogP contribution in [-0.4, -0.2) is 32.5 Å². The van der Waals surface area contributed by atoms with Crippen LogP contribution in [0.15, 0.2) is 10.1 Å². The molecule has 0 amide bonds. The summed E-state index contributed by atoms with van der Waals surface area (Å²) in [5, 5.41) is 0.227. The molecule has 0 saturated heterocycles. The monoisotopic (exact) mass is 404 g/mol. The number of carbonyl (C=O) groups excluding carboxylic acids is 1. The fraction of sp³-hybridized carbons (Fsp3) is 0.700. The van der Waals surface area contributed by atoms with Crippen LogP contribution in [0.1, 0.15) is 6.42 Å². The number of alkyl halides is 5. The minimum atomic E-state index is -1.59. The summed E-state index contributed by atoms with van der Waals surface area (Å²) in [6.45, 7) is -0.0366. The number of allylic oxidation sites excluding steroid dienone is 2. The van der Waals surface area contributed by atoms with Crippen LogP contribution in [-0.2, 0) is 9.53 Å². The lowest BCUT2D eigenvalue weighted by Gasteiger charge is -2.33. The lowest BCUT2D eigenvalue weighted by atomic mass is 9.93. The van der Waals surface area contributed by atoms with Gasteiger partial charge in [-0.15, -0.1) is 34.8 Å². The number of fused-ring (bicyclic) bond motifs is 2. The van der Waals surface area contributed by atoms with Crippen molar-refractivity contribution in [3.8, 4) is 0 Å². The van der Waals surface area contributed by atoms with Crippen LogP contribution in [0.3, 0.4) is 0 Å². The second-order valence-electron chi connectivity index (χ2n) is 4.43. The molecule has 0 heterocycles. The maximum Gasteiger partial charge on any atom is 0.320 e. The predicted octanol–water partition coefficient (Wildman–Crippen LogP) is 4.62. The van der Waals surface area contributed by atoms with Gasteiger partial charge in [0.1, 0.15) is 15.6 Å². The Morgan fingerprint density at radius 3 is 2.21 bits per heavy atom. The van der Waals surface area contributed by atoms with Crippen molar-refractivity contribution in [1.29, 1.82) is 0 Å². The molecule has 0 radical (unpaired) electrons. The molecule has 19 heavy (non-hydrogen) atoms. The van der Waals surface area contributed by atoms with E-state index in [1.807, 2.05) is 0 Å². The summed E-state index contributed by atoms with van der Waals surface area (Å²) in [6.07, 6.45) is 0.246. The van der Waals surface area contributed by atoms with Gasteiger partial charge >= 0.3 is 5.97 Å². The van der Waals surface area contributed by atoms with Crippen LogP contribution in [0.25, 0.3) is 0 Å². The largest absolute Gasteiger partial charge is 0.464 e. The second kappa shape index (κ2) is 5.15. The highest BCUT2D eigenvalue weighted by molar-refractivity contribution is 6.65. The number of hydrogen-bond acceptors (Lipinski definition) is 2. The van der Waals surface area contributed by atoms with Crippen LogP contribution >= 0.6 is 81.2 Å². The van der Waals surface area contributed by atoms with Gasteiger partial charge in [0.05, 0.1) is 16.7 Å². The second-order valence-corrected chi connectivity index (χ2v) is 8.02. The Balaban J connectivity index is 2.31. The summed E-state index contributed by atoms with van der Waals surface area (Å²) in [6, 6.07) is 0. The van der Waals surface area contributed by atoms with Crippen molar-refractivity contribution in [3.05, 3.63) is 10.1 Å². The SMILES string of the molecule is O=C(CCl)OC[C@H]1C[C@@]2(Cl)C(Cl)=C(Cl)[C@@]1(Cl)C2(Cl)Cl. The molecule has 0 aromatic carbocycles. The van der Waals surface area contributed by atoms with Gasteiger partial charge in [0, 0.05) is 5.92 Å². The zero-order valence-electron chi connectivity index (χ0n) is 9.16. The molecule has 2 aliphatic rings. The fourth-order valence-electron chi connectivity index (χ4n) is 2.44. The van der Waals surface area contributed by atoms with Crippen LogP contribution in [0, 0.1) is 5.92 Å². The summed E-state index contributed by atoms with van der Waals surface area (Å²) in [5.74, 6) is -1.29. The topological polar surface area (TPSA) is 26.3 Å². The van der Waals surface area contributed by atoms with Crippen molar-refractivity contribution in [3.63, 3.8) is 0 Å². The van der Waals surface area contributed by atoms with E-state index >= 15 is 0 Å². The number of hydrogen-bond donors (Lipinski definition) is 0. The van der Waals surface area contributed by atoms with Gasteiger partial charge in [-0.3, -0.25) is 4.79 Å². The van der Waals surface area contributed by atoms with E-state index in [-0.39, 0.29) is 29.0 Å². The van der Waals surface area contributed by atoms with E-state index in [0.717, 1.165) is 0 Å². The van der Waals surface area contributed by atoms with Gasteiger partial charge in [-0.25, -0.2) is 0 Å². The van der Waals surface area contributed by atoms with Gasteiger partial charge in [0.25, 0.3) is 0 Å². The van der Waals surface area contributed by atoms with Crippen molar-refractivity contribution < 1.29 is 9.53 Å². The molecule has 0 aliphatic heterocycles. The standard InChI is InChI=1S/C10H7Cl7O2/c11-2-5(18)19-3-4-1-8(14)6(12)7(13)9(4,15)10(8,16)17/h4H,1-3H2/t4-,8-,9-/m1/s1. The maximum absolute atomic E-state index is 11.1. The summed E-state index contributed by atoms with van der Waals surface area (Å²) in [4.78, 5) is 8.43. The Morgan fingerprint density at radius 2 is 1.79 bits per heavy atom. The number of ether oxygens (including phenoxy) is 1. The summed E-state index contributed by atoms with van der Waals surface area (Å²) >= 11 is 42.9. The maximum atomic E-state index is 11.1. The quantitative estimate of drug-likeness (QED) is 0.504. The molecule has 0 aromatic rings. The molecule has 0 spiro atoms. The van der Waals surface area contributed by atoms with Gasteiger partial charge in [-0.2, -0.15) is 0 Å². The summed E-state index contributed by atoms with van der Waals surface area (Å²) in [5.41, 5.74) is 0. The van der Waals surface area contributed by atoms with Crippen LogP contribution in [0.2, 0.25) is 0 Å². The number of halogens is 7. The van der Waals surface area contributed by atoms with Gasteiger partial charge in [0.2, 0.25) is 0 Å². The molecule has 9 heteroatoms. The molecule has 0 aromatic heterocycles. The van der Waals surface area contributed by atoms with E-state index in [1.54, 1.807) is 0 Å². The van der Waals surface area contributed by atoms with E-state index in [9.17, 15) is 4.79 Å². The van der Waals surface area contributed by atoms with Crippen molar-refractivity contribution in [2.45, 2.75) is 20.5 Å². The smallest absolute Gasteiger partial charge is 0.320 e. The zero-order chi connectivity index (χ0) is 14.6. The third kappa shape index (κ3) is 2.02. The molecule has 0 N–H and O–H groups in total. The van der Waals surface area contributed by atoms with Crippen LogP contribution in [0.5, 0.6) is 0 Å². The first kappa shape index (κ1) is 16.6. The lowest BCUT2D eigenvalue weighted by molar-refractivity contribution is -0.142. The number of carbonyl (C=O) groups is 1. The van der Waals surface area contributed by atoms with E-state index < -0.39 is 26.0 Å². The molecule has 2 nitrogen and oxygen atoms in total. The molecular weight excluding hydrogens is 400 g/mol. The van der Waals surface area contributed by atoms with Crippen LogP contribution in [0.4, 0.5) is 0 Å². The van der Waals surface area contributed by atoms with E-state index in [1.165, 1.54) is 0 Å².